The van der Waals surface area contributed by atoms with Crippen molar-refractivity contribution in [3.8, 4) is 5.75 Å². The molecule has 1 aliphatic rings. The largest absolute Gasteiger partial charge is 0.494 e. The van der Waals surface area contributed by atoms with Crippen LogP contribution >= 0.6 is 0 Å². The molecule has 1 saturated heterocycles. The van der Waals surface area contributed by atoms with Crippen LogP contribution < -0.4 is 10.5 Å². The second-order valence-electron chi connectivity index (χ2n) is 5.63. The summed E-state index contributed by atoms with van der Waals surface area (Å²) in [6.07, 6.45) is 3.76. The van der Waals surface area contributed by atoms with Crippen LogP contribution in [-0.4, -0.2) is 37.7 Å². The first-order valence-corrected chi connectivity index (χ1v) is 6.82. The Kier molecular flexibility index (Phi) is 4.42. The quantitative estimate of drug-likeness (QED) is 0.908. The third-order valence-electron chi connectivity index (χ3n) is 4.11. The summed E-state index contributed by atoms with van der Waals surface area (Å²) in [7, 11) is 3.60. The van der Waals surface area contributed by atoms with Gasteiger partial charge in [0.2, 0.25) is 0 Å². The Hall–Kier alpha value is -1.13. The maximum Gasteiger partial charge on any atom is 0.165 e. The molecule has 2 N–H and O–H groups in total. The molecular formula is C15H23FN2O. The number of hydrogen-bond donors (Lipinski definition) is 1. The number of methoxy groups -OCH3 is 1. The van der Waals surface area contributed by atoms with Crippen LogP contribution in [0.3, 0.4) is 0 Å². The molecule has 1 aliphatic heterocycles. The highest BCUT2D eigenvalue weighted by atomic mass is 19.1. The summed E-state index contributed by atoms with van der Waals surface area (Å²) in [5.41, 5.74) is 7.31. The summed E-state index contributed by atoms with van der Waals surface area (Å²) in [5.74, 6) is -0.0000446. The molecule has 1 aromatic carbocycles. The smallest absolute Gasteiger partial charge is 0.165 e. The van der Waals surface area contributed by atoms with Gasteiger partial charge < -0.3 is 15.4 Å². The molecule has 0 aliphatic carbocycles. The minimum absolute atomic E-state index is 0.0943. The molecule has 0 aromatic heterocycles. The van der Waals surface area contributed by atoms with Crippen LogP contribution in [0.15, 0.2) is 18.2 Å². The lowest BCUT2D eigenvalue weighted by atomic mass is 9.83. The highest BCUT2D eigenvalue weighted by molar-refractivity contribution is 5.29. The van der Waals surface area contributed by atoms with E-state index in [1.807, 2.05) is 6.07 Å². The minimum atomic E-state index is -0.297. The van der Waals surface area contributed by atoms with Gasteiger partial charge in [-0.2, -0.15) is 0 Å². The number of nitrogens with zero attached hydrogens (tertiary/aromatic N) is 1. The number of halogens is 1. The number of ether oxygens (including phenoxy) is 1. The van der Waals surface area contributed by atoms with Gasteiger partial charge in [-0.15, -0.1) is 0 Å². The van der Waals surface area contributed by atoms with Crippen molar-refractivity contribution in [2.45, 2.75) is 31.2 Å². The van der Waals surface area contributed by atoms with Gasteiger partial charge in [-0.3, -0.25) is 0 Å². The Morgan fingerprint density at radius 3 is 2.63 bits per heavy atom. The lowest BCUT2D eigenvalue weighted by Gasteiger charge is -2.37. The average molecular weight is 266 g/mol. The predicted molar refractivity (Wildman–Crippen MR) is 74.9 cm³/mol. The van der Waals surface area contributed by atoms with E-state index in [4.69, 9.17) is 10.5 Å². The normalized spacial score (nSPS) is 19.4. The molecule has 1 heterocycles. The molecule has 2 rings (SSSR count). The van der Waals surface area contributed by atoms with Crippen LogP contribution in [0.2, 0.25) is 0 Å². The molecule has 0 bridgehead atoms. The molecule has 106 valence electrons. The first kappa shape index (κ1) is 14.3. The van der Waals surface area contributed by atoms with Crippen molar-refractivity contribution >= 4 is 0 Å². The van der Waals surface area contributed by atoms with Gasteiger partial charge in [0.1, 0.15) is 0 Å². The van der Waals surface area contributed by atoms with Crippen molar-refractivity contribution in [3.05, 3.63) is 29.6 Å². The Morgan fingerprint density at radius 1 is 1.37 bits per heavy atom. The van der Waals surface area contributed by atoms with Crippen LogP contribution in [0.5, 0.6) is 5.75 Å². The van der Waals surface area contributed by atoms with Crippen LogP contribution in [0.25, 0.3) is 0 Å². The van der Waals surface area contributed by atoms with Crippen LogP contribution in [0, 0.1) is 5.82 Å². The molecule has 4 heteroatoms. The van der Waals surface area contributed by atoms with Crippen molar-refractivity contribution in [2.75, 3.05) is 27.2 Å². The van der Waals surface area contributed by atoms with Gasteiger partial charge in [-0.1, -0.05) is 6.07 Å². The molecule has 0 amide bonds. The lowest BCUT2D eigenvalue weighted by Crippen LogP contribution is -2.49. The first-order chi connectivity index (χ1) is 9.02. The molecule has 0 radical (unpaired) electrons. The summed E-state index contributed by atoms with van der Waals surface area (Å²) in [4.78, 5) is 2.30. The van der Waals surface area contributed by atoms with E-state index in [2.05, 4.69) is 11.9 Å². The maximum atomic E-state index is 13.6. The fourth-order valence-corrected chi connectivity index (χ4v) is 2.57. The van der Waals surface area contributed by atoms with Gasteiger partial charge >= 0.3 is 0 Å². The number of nitrogens with two attached hydrogens (primary N) is 1. The second kappa shape index (κ2) is 5.88. The topological polar surface area (TPSA) is 38.5 Å². The first-order valence-electron chi connectivity index (χ1n) is 6.82. The Bertz CT molecular complexity index is 428. The van der Waals surface area contributed by atoms with Crippen LogP contribution in [0.1, 0.15) is 24.8 Å². The van der Waals surface area contributed by atoms with Crippen molar-refractivity contribution in [3.63, 3.8) is 0 Å². The van der Waals surface area contributed by atoms with Gasteiger partial charge in [-0.05, 0) is 63.5 Å². The van der Waals surface area contributed by atoms with Gasteiger partial charge in [0.15, 0.2) is 11.6 Å². The molecule has 19 heavy (non-hydrogen) atoms. The molecule has 1 aromatic rings. The van der Waals surface area contributed by atoms with Crippen LogP contribution in [-0.2, 0) is 6.42 Å². The molecule has 3 nitrogen and oxygen atoms in total. The van der Waals surface area contributed by atoms with E-state index < -0.39 is 0 Å². The SMILES string of the molecule is COc1ccc(CCC2(N)CCN(C)CC2)cc1F. The molecule has 0 atom stereocenters. The average Bonchev–Trinajstić information content (AvgIpc) is 2.41. The van der Waals surface area contributed by atoms with Crippen molar-refractivity contribution in [1.29, 1.82) is 0 Å². The summed E-state index contributed by atoms with van der Waals surface area (Å²) in [5, 5.41) is 0. The highest BCUT2D eigenvalue weighted by Crippen LogP contribution is 2.25. The lowest BCUT2D eigenvalue weighted by molar-refractivity contribution is 0.182. The highest BCUT2D eigenvalue weighted by Gasteiger charge is 2.28. The molecular weight excluding hydrogens is 243 g/mol. The van der Waals surface area contributed by atoms with Gasteiger partial charge in [0.05, 0.1) is 7.11 Å². The Morgan fingerprint density at radius 2 is 2.05 bits per heavy atom. The van der Waals surface area contributed by atoms with Crippen LogP contribution in [0.4, 0.5) is 4.39 Å². The van der Waals surface area contributed by atoms with Gasteiger partial charge in [0.25, 0.3) is 0 Å². The maximum absolute atomic E-state index is 13.6. The number of rotatable bonds is 4. The van der Waals surface area contributed by atoms with Gasteiger partial charge in [-0.25, -0.2) is 4.39 Å². The summed E-state index contributed by atoms with van der Waals surface area (Å²) in [6.45, 7) is 2.10. The van der Waals surface area contributed by atoms with Crippen molar-refractivity contribution in [1.82, 2.24) is 4.90 Å². The Labute approximate surface area is 114 Å². The van der Waals surface area contributed by atoms with E-state index in [0.717, 1.165) is 44.3 Å². The number of hydrogen-bond acceptors (Lipinski definition) is 3. The molecule has 1 fully saturated rings. The van der Waals surface area contributed by atoms with E-state index >= 15 is 0 Å². The predicted octanol–water partition coefficient (Wildman–Crippen LogP) is 2.19. The summed E-state index contributed by atoms with van der Waals surface area (Å²) < 4.78 is 18.5. The summed E-state index contributed by atoms with van der Waals surface area (Å²) in [6, 6.07) is 5.15. The Balaban J connectivity index is 1.93. The molecule has 0 spiro atoms. The van der Waals surface area contributed by atoms with Crippen molar-refractivity contribution in [2.24, 2.45) is 5.73 Å². The molecule has 0 saturated carbocycles. The zero-order valence-corrected chi connectivity index (χ0v) is 11.8. The van der Waals surface area contributed by atoms with E-state index in [9.17, 15) is 4.39 Å². The third-order valence-corrected chi connectivity index (χ3v) is 4.11. The minimum Gasteiger partial charge on any atom is -0.494 e. The number of likely N-dealkylation sites (tertiary alicyclic amines) is 1. The fraction of sp³-hybridized carbons (Fsp3) is 0.600. The van der Waals surface area contributed by atoms with Crippen molar-refractivity contribution < 1.29 is 9.13 Å². The monoisotopic (exact) mass is 266 g/mol. The summed E-state index contributed by atoms with van der Waals surface area (Å²) >= 11 is 0. The zero-order valence-electron chi connectivity index (χ0n) is 11.8. The van der Waals surface area contributed by atoms with E-state index in [1.54, 1.807) is 12.1 Å². The number of benzene rings is 1. The third kappa shape index (κ3) is 3.67. The van der Waals surface area contributed by atoms with E-state index in [0.29, 0.717) is 5.75 Å². The van der Waals surface area contributed by atoms with E-state index in [1.165, 1.54) is 7.11 Å². The number of aryl methyl sites for hydroxylation is 1. The fourth-order valence-electron chi connectivity index (χ4n) is 2.57. The number of piperidine rings is 1. The molecule has 0 unspecified atom stereocenters. The van der Waals surface area contributed by atoms with Gasteiger partial charge in [0, 0.05) is 5.54 Å². The zero-order chi connectivity index (χ0) is 13.9. The standard InChI is InChI=1S/C15H23FN2O/c1-18-9-7-15(17,8-10-18)6-5-12-3-4-14(19-2)13(16)11-12/h3-4,11H,5-10,17H2,1-2H3. The second-order valence-corrected chi connectivity index (χ2v) is 5.63. The van der Waals surface area contributed by atoms with E-state index in [-0.39, 0.29) is 11.4 Å².